The van der Waals surface area contributed by atoms with Gasteiger partial charge >= 0.3 is 0 Å². The van der Waals surface area contributed by atoms with E-state index >= 15 is 0 Å². The van der Waals surface area contributed by atoms with Crippen LogP contribution in [0.1, 0.15) is 6.42 Å². The SMILES string of the molecule is O=C/C(=C\O)C/C(C=O)=C\O. The van der Waals surface area contributed by atoms with Crippen LogP contribution in [0.4, 0.5) is 0 Å². The van der Waals surface area contributed by atoms with Crippen LogP contribution in [0.3, 0.4) is 0 Å². The first kappa shape index (κ1) is 9.42. The molecule has 0 saturated carbocycles. The third kappa shape index (κ3) is 3.20. The smallest absolute Gasteiger partial charge is 0.149 e. The molecule has 0 rings (SSSR count). The Morgan fingerprint density at radius 2 is 1.36 bits per heavy atom. The van der Waals surface area contributed by atoms with E-state index in [1.807, 2.05) is 0 Å². The highest BCUT2D eigenvalue weighted by molar-refractivity contribution is 5.80. The van der Waals surface area contributed by atoms with E-state index in [0.717, 1.165) is 0 Å². The quantitative estimate of drug-likeness (QED) is 0.356. The number of allylic oxidation sites excluding steroid dienone is 2. The van der Waals surface area contributed by atoms with Gasteiger partial charge in [-0.1, -0.05) is 0 Å². The number of hydrogen-bond donors (Lipinski definition) is 2. The Bertz CT molecular complexity index is 180. The number of carbonyl (C=O) groups excluding carboxylic acids is 2. The molecule has 60 valence electrons. The van der Waals surface area contributed by atoms with Gasteiger partial charge in [0.05, 0.1) is 12.5 Å². The van der Waals surface area contributed by atoms with Gasteiger partial charge in [-0.2, -0.15) is 0 Å². The van der Waals surface area contributed by atoms with Crippen LogP contribution in [0.5, 0.6) is 0 Å². The number of aldehydes is 2. The van der Waals surface area contributed by atoms with Crippen molar-refractivity contribution in [2.24, 2.45) is 0 Å². The highest BCUT2D eigenvalue weighted by Crippen LogP contribution is 2.04. The van der Waals surface area contributed by atoms with Crippen LogP contribution in [-0.4, -0.2) is 22.8 Å². The maximum atomic E-state index is 10.1. The fraction of sp³-hybridized carbons (Fsp3) is 0.143. The third-order valence-electron chi connectivity index (χ3n) is 1.04. The minimum Gasteiger partial charge on any atom is -0.515 e. The molecule has 0 unspecified atom stereocenters. The topological polar surface area (TPSA) is 74.6 Å². The molecule has 0 aliphatic rings. The normalized spacial score (nSPS) is 12.7. The molecule has 0 aromatic carbocycles. The Morgan fingerprint density at radius 1 is 1.00 bits per heavy atom. The number of aliphatic hydroxyl groups excluding tert-OH is 2. The molecule has 0 radical (unpaired) electrons. The van der Waals surface area contributed by atoms with Crippen LogP contribution in [0.15, 0.2) is 23.7 Å². The molecule has 0 atom stereocenters. The van der Waals surface area contributed by atoms with E-state index in [1.165, 1.54) is 0 Å². The molecule has 0 bridgehead atoms. The summed E-state index contributed by atoms with van der Waals surface area (Å²) in [5.41, 5.74) is 0.0785. The van der Waals surface area contributed by atoms with Crippen molar-refractivity contribution in [2.75, 3.05) is 0 Å². The summed E-state index contributed by atoms with van der Waals surface area (Å²) in [4.78, 5) is 20.1. The summed E-state index contributed by atoms with van der Waals surface area (Å²) in [7, 11) is 0. The molecule has 0 fully saturated rings. The molecule has 0 spiro atoms. The Hall–Kier alpha value is -1.58. The second-order valence-electron chi connectivity index (χ2n) is 1.82. The minimum absolute atomic E-state index is 0.0393. The summed E-state index contributed by atoms with van der Waals surface area (Å²) in [5, 5.41) is 16.7. The molecule has 0 saturated heterocycles. The fourth-order valence-corrected chi connectivity index (χ4v) is 0.471. The minimum atomic E-state index is -0.0556. The van der Waals surface area contributed by atoms with Gasteiger partial charge in [-0.25, -0.2) is 0 Å². The van der Waals surface area contributed by atoms with E-state index in [4.69, 9.17) is 10.2 Å². The largest absolute Gasteiger partial charge is 0.515 e. The fourth-order valence-electron chi connectivity index (χ4n) is 0.471. The summed E-state index contributed by atoms with van der Waals surface area (Å²) in [6.07, 6.45) is 1.96. The molecule has 0 aliphatic heterocycles. The zero-order valence-electron chi connectivity index (χ0n) is 5.73. The number of hydrogen-bond acceptors (Lipinski definition) is 4. The first-order chi connectivity index (χ1) is 5.28. The lowest BCUT2D eigenvalue weighted by molar-refractivity contribution is -0.105. The van der Waals surface area contributed by atoms with E-state index in [1.54, 1.807) is 0 Å². The first-order valence-electron chi connectivity index (χ1n) is 2.85. The summed E-state index contributed by atoms with van der Waals surface area (Å²) >= 11 is 0. The Balaban J connectivity index is 4.22. The van der Waals surface area contributed by atoms with E-state index in [9.17, 15) is 9.59 Å². The lowest BCUT2D eigenvalue weighted by Gasteiger charge is -1.94. The van der Waals surface area contributed by atoms with Crippen LogP contribution in [-0.2, 0) is 9.59 Å². The van der Waals surface area contributed by atoms with Crippen LogP contribution < -0.4 is 0 Å². The van der Waals surface area contributed by atoms with Crippen LogP contribution >= 0.6 is 0 Å². The molecular weight excluding hydrogens is 148 g/mol. The zero-order valence-corrected chi connectivity index (χ0v) is 5.73. The van der Waals surface area contributed by atoms with Crippen molar-refractivity contribution in [3.63, 3.8) is 0 Å². The first-order valence-corrected chi connectivity index (χ1v) is 2.85. The maximum absolute atomic E-state index is 10.1. The summed E-state index contributed by atoms with van der Waals surface area (Å²) < 4.78 is 0. The summed E-state index contributed by atoms with van der Waals surface area (Å²) in [5.74, 6) is 0. The van der Waals surface area contributed by atoms with Gasteiger partial charge in [0.15, 0.2) is 0 Å². The Morgan fingerprint density at radius 3 is 1.55 bits per heavy atom. The second-order valence-corrected chi connectivity index (χ2v) is 1.82. The van der Waals surface area contributed by atoms with E-state index in [-0.39, 0.29) is 17.6 Å². The standard InChI is InChI=1S/C7H8O4/c8-2-6(3-9)1-7(4-10)5-11/h2-5,8,10H,1H2/b6-2-,7-4+. The van der Waals surface area contributed by atoms with E-state index in [0.29, 0.717) is 25.1 Å². The van der Waals surface area contributed by atoms with Crippen LogP contribution in [0.2, 0.25) is 0 Å². The number of rotatable bonds is 4. The van der Waals surface area contributed by atoms with E-state index in [2.05, 4.69) is 0 Å². The Labute approximate surface area is 63.5 Å². The van der Waals surface area contributed by atoms with Gasteiger partial charge in [-0.15, -0.1) is 0 Å². The van der Waals surface area contributed by atoms with Gasteiger partial charge in [0.1, 0.15) is 12.6 Å². The molecule has 0 aromatic heterocycles. The molecule has 11 heavy (non-hydrogen) atoms. The van der Waals surface area contributed by atoms with Crippen molar-refractivity contribution in [3.8, 4) is 0 Å². The van der Waals surface area contributed by atoms with Crippen LogP contribution in [0.25, 0.3) is 0 Å². The van der Waals surface area contributed by atoms with Crippen LogP contribution in [0, 0.1) is 0 Å². The highest BCUT2D eigenvalue weighted by Gasteiger charge is 1.99. The van der Waals surface area contributed by atoms with Crippen molar-refractivity contribution in [3.05, 3.63) is 23.7 Å². The molecule has 0 aliphatic carbocycles. The van der Waals surface area contributed by atoms with Gasteiger partial charge in [0.2, 0.25) is 0 Å². The summed E-state index contributed by atoms with van der Waals surface area (Å²) in [6.45, 7) is 0. The summed E-state index contributed by atoms with van der Waals surface area (Å²) in [6, 6.07) is 0. The van der Waals surface area contributed by atoms with Gasteiger partial charge in [-0.05, 0) is 0 Å². The zero-order chi connectivity index (χ0) is 8.69. The lowest BCUT2D eigenvalue weighted by atomic mass is 10.1. The number of aliphatic hydroxyl groups is 2. The molecule has 2 N–H and O–H groups in total. The highest BCUT2D eigenvalue weighted by atomic mass is 16.2. The van der Waals surface area contributed by atoms with E-state index < -0.39 is 0 Å². The second kappa shape index (κ2) is 5.22. The molecule has 0 amide bonds. The molecule has 4 heteroatoms. The molecule has 0 aromatic rings. The average Bonchev–Trinajstić information content (AvgIpc) is 2.07. The van der Waals surface area contributed by atoms with Crippen molar-refractivity contribution >= 4 is 12.6 Å². The lowest BCUT2D eigenvalue weighted by Crippen LogP contribution is -1.91. The maximum Gasteiger partial charge on any atom is 0.149 e. The van der Waals surface area contributed by atoms with Crippen molar-refractivity contribution in [1.29, 1.82) is 0 Å². The monoisotopic (exact) mass is 156 g/mol. The predicted molar refractivity (Wildman–Crippen MR) is 38.2 cm³/mol. The Kier molecular flexibility index (Phi) is 4.47. The van der Waals surface area contributed by atoms with Crippen molar-refractivity contribution in [1.82, 2.24) is 0 Å². The molecule has 4 nitrogen and oxygen atoms in total. The third-order valence-corrected chi connectivity index (χ3v) is 1.04. The van der Waals surface area contributed by atoms with Gasteiger partial charge in [0.25, 0.3) is 0 Å². The molecule has 0 heterocycles. The molecular formula is C7H8O4. The van der Waals surface area contributed by atoms with Crippen molar-refractivity contribution in [2.45, 2.75) is 6.42 Å². The van der Waals surface area contributed by atoms with Crippen molar-refractivity contribution < 1.29 is 19.8 Å². The van der Waals surface area contributed by atoms with Gasteiger partial charge in [-0.3, -0.25) is 9.59 Å². The van der Waals surface area contributed by atoms with Gasteiger partial charge in [0, 0.05) is 17.6 Å². The number of carbonyl (C=O) groups is 2. The van der Waals surface area contributed by atoms with Gasteiger partial charge < -0.3 is 10.2 Å². The average molecular weight is 156 g/mol. The predicted octanol–water partition coefficient (Wildman–Crippen LogP) is 0.658.